The molecule has 0 spiro atoms. The molecule has 4 nitrogen and oxygen atoms in total. The Morgan fingerprint density at radius 1 is 1.47 bits per heavy atom. The van der Waals surface area contributed by atoms with Crippen LogP contribution in [-0.2, 0) is 9.53 Å². The fraction of sp³-hybridized carbons (Fsp3) is 0.933. The van der Waals surface area contributed by atoms with Crippen molar-refractivity contribution in [3.63, 3.8) is 0 Å². The van der Waals surface area contributed by atoms with Crippen molar-refractivity contribution in [3.8, 4) is 0 Å². The van der Waals surface area contributed by atoms with Crippen LogP contribution in [0.3, 0.4) is 0 Å². The van der Waals surface area contributed by atoms with Crippen molar-refractivity contribution in [2.24, 2.45) is 11.3 Å². The van der Waals surface area contributed by atoms with Gasteiger partial charge in [0.15, 0.2) is 0 Å². The highest BCUT2D eigenvalue weighted by molar-refractivity contribution is 5.82. The van der Waals surface area contributed by atoms with Gasteiger partial charge < -0.3 is 15.0 Å². The zero-order valence-corrected chi connectivity index (χ0v) is 13.2. The van der Waals surface area contributed by atoms with Crippen LogP contribution in [-0.4, -0.2) is 50.2 Å². The van der Waals surface area contributed by atoms with Crippen molar-refractivity contribution in [1.82, 2.24) is 10.2 Å². The van der Waals surface area contributed by atoms with E-state index >= 15 is 0 Å². The van der Waals surface area contributed by atoms with E-state index in [9.17, 15) is 4.79 Å². The Labute approximate surface area is 117 Å². The molecule has 1 N–H and O–H groups in total. The Kier molecular flexibility index (Phi) is 6.27. The first kappa shape index (κ1) is 16.4. The summed E-state index contributed by atoms with van der Waals surface area (Å²) in [5.74, 6) is 0.663. The fourth-order valence-corrected chi connectivity index (χ4v) is 2.66. The molecular formula is C15H30N2O2. The third-order valence-electron chi connectivity index (χ3n) is 4.09. The molecule has 0 aromatic heterocycles. The Hall–Kier alpha value is -0.610. The summed E-state index contributed by atoms with van der Waals surface area (Å²) >= 11 is 0. The number of hydrogen-bond donors (Lipinski definition) is 1. The lowest BCUT2D eigenvalue weighted by atomic mass is 9.74. The number of ether oxygens (including phenoxy) is 1. The number of carbonyl (C=O) groups excluding carboxylic acids is 1. The van der Waals surface area contributed by atoms with Crippen molar-refractivity contribution in [3.05, 3.63) is 0 Å². The van der Waals surface area contributed by atoms with E-state index in [1.54, 1.807) is 0 Å². The molecule has 1 aliphatic heterocycles. The molecule has 1 atom stereocenters. The SMILES string of the molecule is CC(C)OCCN(C)C(=O)C(C)(C)C1CCCNC1. The molecule has 4 heteroatoms. The number of nitrogens with zero attached hydrogens (tertiary/aromatic N) is 1. The summed E-state index contributed by atoms with van der Waals surface area (Å²) < 4.78 is 5.51. The minimum absolute atomic E-state index is 0.221. The van der Waals surface area contributed by atoms with Gasteiger partial charge in [0.2, 0.25) is 5.91 Å². The molecule has 0 saturated carbocycles. The van der Waals surface area contributed by atoms with E-state index in [1.165, 1.54) is 6.42 Å². The Morgan fingerprint density at radius 2 is 2.16 bits per heavy atom. The van der Waals surface area contributed by atoms with Gasteiger partial charge in [-0.1, -0.05) is 13.8 Å². The summed E-state index contributed by atoms with van der Waals surface area (Å²) in [5, 5.41) is 3.40. The first-order chi connectivity index (χ1) is 8.85. The van der Waals surface area contributed by atoms with Crippen LogP contribution >= 0.6 is 0 Å². The molecule has 1 amide bonds. The molecule has 1 rings (SSSR count). The van der Waals surface area contributed by atoms with Gasteiger partial charge >= 0.3 is 0 Å². The molecule has 1 saturated heterocycles. The summed E-state index contributed by atoms with van der Waals surface area (Å²) in [4.78, 5) is 14.4. The van der Waals surface area contributed by atoms with E-state index in [-0.39, 0.29) is 17.4 Å². The second-order valence-corrected chi connectivity index (χ2v) is 6.41. The molecule has 1 unspecified atom stereocenters. The molecule has 0 bridgehead atoms. The van der Waals surface area contributed by atoms with Gasteiger partial charge in [-0.25, -0.2) is 0 Å². The molecular weight excluding hydrogens is 240 g/mol. The lowest BCUT2D eigenvalue weighted by Gasteiger charge is -2.38. The van der Waals surface area contributed by atoms with Crippen LogP contribution in [0.1, 0.15) is 40.5 Å². The van der Waals surface area contributed by atoms with Gasteiger partial charge in [0, 0.05) is 19.0 Å². The summed E-state index contributed by atoms with van der Waals surface area (Å²) in [5.41, 5.74) is -0.292. The van der Waals surface area contributed by atoms with Gasteiger partial charge in [0.25, 0.3) is 0 Å². The van der Waals surface area contributed by atoms with Crippen molar-refractivity contribution >= 4 is 5.91 Å². The van der Waals surface area contributed by atoms with Gasteiger partial charge in [-0.05, 0) is 45.7 Å². The highest BCUT2D eigenvalue weighted by Gasteiger charge is 2.38. The average molecular weight is 270 g/mol. The zero-order chi connectivity index (χ0) is 14.5. The number of carbonyl (C=O) groups is 1. The minimum atomic E-state index is -0.292. The van der Waals surface area contributed by atoms with Crippen molar-refractivity contribution in [2.75, 3.05) is 33.3 Å². The van der Waals surface area contributed by atoms with Crippen molar-refractivity contribution < 1.29 is 9.53 Å². The molecule has 0 aromatic carbocycles. The normalized spacial score (nSPS) is 20.6. The smallest absolute Gasteiger partial charge is 0.228 e. The largest absolute Gasteiger partial charge is 0.377 e. The van der Waals surface area contributed by atoms with Crippen LogP contribution in [0, 0.1) is 11.3 Å². The van der Waals surface area contributed by atoms with Crippen LogP contribution in [0.4, 0.5) is 0 Å². The molecule has 0 aliphatic carbocycles. The molecule has 0 radical (unpaired) electrons. The Bertz CT molecular complexity index is 284. The number of rotatable bonds is 6. The van der Waals surface area contributed by atoms with Crippen molar-refractivity contribution in [1.29, 1.82) is 0 Å². The summed E-state index contributed by atoms with van der Waals surface area (Å²) in [6, 6.07) is 0. The lowest BCUT2D eigenvalue weighted by Crippen LogP contribution is -2.48. The fourth-order valence-electron chi connectivity index (χ4n) is 2.66. The maximum Gasteiger partial charge on any atom is 0.228 e. The van der Waals surface area contributed by atoms with Crippen LogP contribution in [0.15, 0.2) is 0 Å². The Balaban J connectivity index is 2.48. The summed E-state index contributed by atoms with van der Waals surface area (Å²) in [6.45, 7) is 11.5. The minimum Gasteiger partial charge on any atom is -0.377 e. The van der Waals surface area contributed by atoms with Gasteiger partial charge in [0.05, 0.1) is 12.7 Å². The van der Waals surface area contributed by atoms with Crippen LogP contribution in [0.2, 0.25) is 0 Å². The third kappa shape index (κ3) is 4.77. The van der Waals surface area contributed by atoms with Gasteiger partial charge in [-0.3, -0.25) is 4.79 Å². The first-order valence-electron chi connectivity index (χ1n) is 7.43. The zero-order valence-electron chi connectivity index (χ0n) is 13.2. The van der Waals surface area contributed by atoms with E-state index in [1.807, 2.05) is 25.8 Å². The standard InChI is InChI=1S/C15H30N2O2/c1-12(2)19-10-9-17(5)14(18)15(3,4)13-7-6-8-16-11-13/h12-13,16H,6-11H2,1-5H3. The summed E-state index contributed by atoms with van der Waals surface area (Å²) in [6.07, 6.45) is 2.53. The molecule has 1 aliphatic rings. The highest BCUT2D eigenvalue weighted by Crippen LogP contribution is 2.33. The van der Waals surface area contributed by atoms with Gasteiger partial charge in [-0.2, -0.15) is 0 Å². The maximum absolute atomic E-state index is 12.6. The quantitative estimate of drug-likeness (QED) is 0.801. The first-order valence-corrected chi connectivity index (χ1v) is 7.43. The second-order valence-electron chi connectivity index (χ2n) is 6.41. The van der Waals surface area contributed by atoms with Gasteiger partial charge in [-0.15, -0.1) is 0 Å². The summed E-state index contributed by atoms with van der Waals surface area (Å²) in [7, 11) is 1.88. The average Bonchev–Trinajstić information content (AvgIpc) is 2.38. The molecule has 19 heavy (non-hydrogen) atoms. The number of likely N-dealkylation sites (N-methyl/N-ethyl adjacent to an activating group) is 1. The topological polar surface area (TPSA) is 41.6 Å². The van der Waals surface area contributed by atoms with E-state index in [2.05, 4.69) is 19.2 Å². The number of amides is 1. The molecule has 0 aromatic rings. The van der Waals surface area contributed by atoms with E-state index in [0.717, 1.165) is 19.5 Å². The predicted octanol–water partition coefficient (Wildman–Crippen LogP) is 1.90. The molecule has 1 heterocycles. The monoisotopic (exact) mass is 270 g/mol. The van der Waals surface area contributed by atoms with E-state index in [0.29, 0.717) is 19.1 Å². The number of hydrogen-bond acceptors (Lipinski definition) is 3. The van der Waals surface area contributed by atoms with Crippen LogP contribution < -0.4 is 5.32 Å². The molecule has 112 valence electrons. The molecule has 1 fully saturated rings. The van der Waals surface area contributed by atoms with E-state index in [4.69, 9.17) is 4.74 Å². The van der Waals surface area contributed by atoms with Gasteiger partial charge in [0.1, 0.15) is 0 Å². The number of piperidine rings is 1. The van der Waals surface area contributed by atoms with Crippen molar-refractivity contribution in [2.45, 2.75) is 46.6 Å². The predicted molar refractivity (Wildman–Crippen MR) is 78.1 cm³/mol. The van der Waals surface area contributed by atoms with Crippen LogP contribution in [0.5, 0.6) is 0 Å². The van der Waals surface area contributed by atoms with E-state index < -0.39 is 0 Å². The second kappa shape index (κ2) is 7.25. The Morgan fingerprint density at radius 3 is 2.68 bits per heavy atom. The number of nitrogens with one attached hydrogen (secondary N) is 1. The third-order valence-corrected chi connectivity index (χ3v) is 4.09. The maximum atomic E-state index is 12.6. The lowest BCUT2D eigenvalue weighted by molar-refractivity contribution is -0.143. The van der Waals surface area contributed by atoms with Crippen LogP contribution in [0.25, 0.3) is 0 Å². The highest BCUT2D eigenvalue weighted by atomic mass is 16.5.